The third-order valence-electron chi connectivity index (χ3n) is 5.82. The molecule has 5 rings (SSSR count). The summed E-state index contributed by atoms with van der Waals surface area (Å²) in [7, 11) is 1.65. The number of carbonyl (C=O) groups excluding carboxylic acids is 1. The Labute approximate surface area is 204 Å². The van der Waals surface area contributed by atoms with Gasteiger partial charge < -0.3 is 20.1 Å². The molecule has 0 unspecified atom stereocenters. The normalized spacial score (nSPS) is 14.3. The topological polar surface area (TPSA) is 77.4 Å². The van der Waals surface area contributed by atoms with Gasteiger partial charge in [0, 0.05) is 11.4 Å². The molecule has 35 heavy (non-hydrogen) atoms. The first-order valence-electron chi connectivity index (χ1n) is 11.5. The van der Waals surface area contributed by atoms with Gasteiger partial charge in [-0.05, 0) is 60.5 Å². The van der Waals surface area contributed by atoms with E-state index in [0.29, 0.717) is 23.7 Å². The number of nitrogens with one attached hydrogen (secondary N) is 2. The highest BCUT2D eigenvalue weighted by molar-refractivity contribution is 6.08. The minimum absolute atomic E-state index is 0.219. The Morgan fingerprint density at radius 2 is 1.83 bits per heavy atom. The van der Waals surface area contributed by atoms with Crippen LogP contribution in [0.1, 0.15) is 34.5 Å². The van der Waals surface area contributed by atoms with Crippen LogP contribution in [0.25, 0.3) is 5.70 Å². The number of carbonyl (C=O) groups is 1. The molecular formula is C28H26N4O3. The highest BCUT2D eigenvalue weighted by atomic mass is 16.5. The Bertz CT molecular complexity index is 1360. The Kier molecular flexibility index (Phi) is 6.22. The van der Waals surface area contributed by atoms with Gasteiger partial charge in [0.1, 0.15) is 22.9 Å². The van der Waals surface area contributed by atoms with Gasteiger partial charge in [-0.1, -0.05) is 42.5 Å². The van der Waals surface area contributed by atoms with Gasteiger partial charge in [0.2, 0.25) is 0 Å². The van der Waals surface area contributed by atoms with Crippen LogP contribution >= 0.6 is 0 Å². The zero-order chi connectivity index (χ0) is 24.2. The van der Waals surface area contributed by atoms with Crippen LogP contribution in [0.15, 0.2) is 91.1 Å². The number of nitrogens with zero attached hydrogens (tertiary/aromatic N) is 2. The molecule has 0 aliphatic carbocycles. The molecule has 1 aliphatic rings. The molecule has 1 aliphatic heterocycles. The lowest BCUT2D eigenvalue weighted by Gasteiger charge is -2.26. The van der Waals surface area contributed by atoms with Gasteiger partial charge in [0.05, 0.1) is 26.0 Å². The Morgan fingerprint density at radius 3 is 2.57 bits per heavy atom. The molecule has 0 fully saturated rings. The molecule has 0 radical (unpaired) electrons. The lowest BCUT2D eigenvalue weighted by Crippen LogP contribution is -2.22. The fraction of sp³-hybridized carbons (Fsp3) is 0.143. The van der Waals surface area contributed by atoms with Gasteiger partial charge >= 0.3 is 0 Å². The van der Waals surface area contributed by atoms with Crippen molar-refractivity contribution in [2.24, 2.45) is 0 Å². The van der Waals surface area contributed by atoms with Crippen molar-refractivity contribution in [3.63, 3.8) is 0 Å². The first-order valence-corrected chi connectivity index (χ1v) is 11.5. The second-order valence-corrected chi connectivity index (χ2v) is 8.06. The van der Waals surface area contributed by atoms with Crippen molar-refractivity contribution in [2.45, 2.75) is 13.0 Å². The van der Waals surface area contributed by atoms with E-state index in [9.17, 15) is 4.79 Å². The van der Waals surface area contributed by atoms with E-state index in [1.54, 1.807) is 13.3 Å². The Balaban J connectivity index is 1.50. The lowest BCUT2D eigenvalue weighted by atomic mass is 10.0. The quantitative estimate of drug-likeness (QED) is 0.371. The molecule has 1 amide bonds. The minimum atomic E-state index is -0.249. The van der Waals surface area contributed by atoms with E-state index in [1.807, 2.05) is 90.5 Å². The summed E-state index contributed by atoms with van der Waals surface area (Å²) < 4.78 is 12.8. The van der Waals surface area contributed by atoms with Crippen LogP contribution in [0.3, 0.4) is 0 Å². The van der Waals surface area contributed by atoms with E-state index in [-0.39, 0.29) is 11.9 Å². The molecule has 1 atom stereocenters. The van der Waals surface area contributed by atoms with Crippen LogP contribution in [0, 0.1) is 0 Å². The molecule has 2 N–H and O–H groups in total. The molecule has 1 aromatic heterocycles. The van der Waals surface area contributed by atoms with Gasteiger partial charge in [-0.15, -0.1) is 0 Å². The highest BCUT2D eigenvalue weighted by Crippen LogP contribution is 2.36. The number of methoxy groups -OCH3 is 1. The second-order valence-electron chi connectivity index (χ2n) is 8.06. The van der Waals surface area contributed by atoms with Crippen molar-refractivity contribution in [3.05, 3.63) is 108 Å². The number of fused-ring (bicyclic) bond motifs is 1. The summed E-state index contributed by atoms with van der Waals surface area (Å²) in [5, 5.41) is 11.0. The standard InChI is InChI=1S/C28H26N4O3/c1-3-35-22-14-12-21(13-15-22)30-28(33)24-18-29-32-26(20-10-7-11-23(16-20)34-2)17-25(31-27(24)32)19-8-5-4-6-9-19/h4-18,26,31H,3H2,1-2H3,(H,30,33)/t26-/m0/s1. The van der Waals surface area contributed by atoms with Gasteiger partial charge in [-0.3, -0.25) is 4.79 Å². The number of benzene rings is 3. The third kappa shape index (κ3) is 4.61. The summed E-state index contributed by atoms with van der Waals surface area (Å²) in [6.45, 7) is 2.52. The lowest BCUT2D eigenvalue weighted by molar-refractivity contribution is 0.102. The predicted octanol–water partition coefficient (Wildman–Crippen LogP) is 5.60. The first kappa shape index (κ1) is 22.3. The van der Waals surface area contributed by atoms with Crippen molar-refractivity contribution in [2.75, 3.05) is 24.4 Å². The summed E-state index contributed by atoms with van der Waals surface area (Å²) in [6, 6.07) is 25.0. The van der Waals surface area contributed by atoms with Crippen molar-refractivity contribution >= 4 is 23.1 Å². The van der Waals surface area contributed by atoms with Crippen LogP contribution in [-0.4, -0.2) is 29.4 Å². The van der Waals surface area contributed by atoms with E-state index in [0.717, 1.165) is 28.3 Å². The largest absolute Gasteiger partial charge is 0.497 e. The summed E-state index contributed by atoms with van der Waals surface area (Å²) >= 11 is 0. The zero-order valence-electron chi connectivity index (χ0n) is 19.6. The third-order valence-corrected chi connectivity index (χ3v) is 5.82. The van der Waals surface area contributed by atoms with Crippen molar-refractivity contribution < 1.29 is 14.3 Å². The van der Waals surface area contributed by atoms with Crippen molar-refractivity contribution in [1.82, 2.24) is 9.78 Å². The molecule has 0 saturated carbocycles. The number of ether oxygens (including phenoxy) is 2. The maximum absolute atomic E-state index is 13.3. The monoisotopic (exact) mass is 466 g/mol. The molecule has 2 heterocycles. The molecule has 176 valence electrons. The summed E-state index contributed by atoms with van der Waals surface area (Å²) in [5.41, 5.74) is 4.06. The van der Waals surface area contributed by atoms with E-state index in [4.69, 9.17) is 9.47 Å². The SMILES string of the molecule is CCOc1ccc(NC(=O)c2cnn3c2NC(c2ccccc2)=C[C@H]3c2cccc(OC)c2)cc1. The molecule has 3 aromatic carbocycles. The number of amides is 1. The van der Waals surface area contributed by atoms with Crippen LogP contribution in [0.4, 0.5) is 11.5 Å². The number of hydrogen-bond donors (Lipinski definition) is 2. The second kappa shape index (κ2) is 9.77. The molecule has 0 saturated heterocycles. The zero-order valence-corrected chi connectivity index (χ0v) is 19.6. The van der Waals surface area contributed by atoms with Gasteiger partial charge in [0.25, 0.3) is 5.91 Å². The fourth-order valence-corrected chi connectivity index (χ4v) is 4.11. The molecule has 0 spiro atoms. The van der Waals surface area contributed by atoms with Crippen LogP contribution in [0.2, 0.25) is 0 Å². The Hall–Kier alpha value is -4.52. The molecule has 4 aromatic rings. The number of allylic oxidation sites excluding steroid dienone is 1. The predicted molar refractivity (Wildman–Crippen MR) is 137 cm³/mol. The summed E-state index contributed by atoms with van der Waals surface area (Å²) in [6.07, 6.45) is 3.71. The van der Waals surface area contributed by atoms with Gasteiger partial charge in [0.15, 0.2) is 0 Å². The van der Waals surface area contributed by atoms with Gasteiger partial charge in [-0.2, -0.15) is 5.10 Å². The van der Waals surface area contributed by atoms with Crippen LogP contribution in [0.5, 0.6) is 11.5 Å². The van der Waals surface area contributed by atoms with Crippen molar-refractivity contribution in [1.29, 1.82) is 0 Å². The highest BCUT2D eigenvalue weighted by Gasteiger charge is 2.28. The average molecular weight is 467 g/mol. The van der Waals surface area contributed by atoms with E-state index < -0.39 is 0 Å². The minimum Gasteiger partial charge on any atom is -0.497 e. The molecule has 0 bridgehead atoms. The van der Waals surface area contributed by atoms with Crippen LogP contribution in [-0.2, 0) is 0 Å². The van der Waals surface area contributed by atoms with E-state index >= 15 is 0 Å². The fourth-order valence-electron chi connectivity index (χ4n) is 4.11. The molecular weight excluding hydrogens is 440 g/mol. The number of aromatic nitrogens is 2. The number of rotatable bonds is 7. The average Bonchev–Trinajstić information content (AvgIpc) is 3.34. The first-order chi connectivity index (χ1) is 17.2. The van der Waals surface area contributed by atoms with Crippen molar-refractivity contribution in [3.8, 4) is 11.5 Å². The maximum Gasteiger partial charge on any atom is 0.261 e. The number of hydrogen-bond acceptors (Lipinski definition) is 5. The van der Waals surface area contributed by atoms with Gasteiger partial charge in [-0.25, -0.2) is 4.68 Å². The Morgan fingerprint density at radius 1 is 1.03 bits per heavy atom. The van der Waals surface area contributed by atoms with Crippen LogP contribution < -0.4 is 20.1 Å². The smallest absolute Gasteiger partial charge is 0.261 e. The molecule has 7 heteroatoms. The summed E-state index contributed by atoms with van der Waals surface area (Å²) in [4.78, 5) is 13.3. The molecule has 7 nitrogen and oxygen atoms in total. The number of anilines is 2. The van der Waals surface area contributed by atoms with E-state index in [2.05, 4.69) is 21.8 Å². The summed E-state index contributed by atoms with van der Waals surface area (Å²) in [5.74, 6) is 1.90. The van der Waals surface area contributed by atoms with E-state index in [1.165, 1.54) is 0 Å². The maximum atomic E-state index is 13.3.